The molecule has 0 aromatic heterocycles. The Balaban J connectivity index is 2.36. The first-order valence-corrected chi connectivity index (χ1v) is 8.06. The molecule has 21 heavy (non-hydrogen) atoms. The third-order valence-corrected chi connectivity index (χ3v) is 4.09. The lowest BCUT2D eigenvalue weighted by molar-refractivity contribution is 0.0986. The molecule has 0 aliphatic carbocycles. The summed E-state index contributed by atoms with van der Waals surface area (Å²) < 4.78 is 0.843. The van der Waals surface area contributed by atoms with Crippen molar-refractivity contribution < 1.29 is 4.79 Å². The highest BCUT2D eigenvalue weighted by Crippen LogP contribution is 2.23. The van der Waals surface area contributed by atoms with Gasteiger partial charge in [-0.1, -0.05) is 43.2 Å². The Kier molecular flexibility index (Phi) is 5.57. The van der Waals surface area contributed by atoms with Crippen molar-refractivity contribution >= 4 is 27.5 Å². The number of anilines is 1. The molecule has 0 heterocycles. The molecule has 0 radical (unpaired) electrons. The molecule has 0 unspecified atom stereocenters. The summed E-state index contributed by atoms with van der Waals surface area (Å²) in [6, 6.07) is 15.7. The Morgan fingerprint density at radius 1 is 1.14 bits per heavy atom. The Morgan fingerprint density at radius 2 is 1.86 bits per heavy atom. The van der Waals surface area contributed by atoms with E-state index in [1.807, 2.05) is 60.4 Å². The van der Waals surface area contributed by atoms with Crippen molar-refractivity contribution in [2.45, 2.75) is 26.7 Å². The van der Waals surface area contributed by atoms with E-state index in [4.69, 9.17) is 0 Å². The Morgan fingerprint density at radius 3 is 2.52 bits per heavy atom. The molecule has 0 saturated heterocycles. The van der Waals surface area contributed by atoms with Gasteiger partial charge in [0.15, 0.2) is 0 Å². The Labute approximate surface area is 134 Å². The van der Waals surface area contributed by atoms with Gasteiger partial charge in [0.05, 0.1) is 5.56 Å². The zero-order valence-electron chi connectivity index (χ0n) is 12.5. The fourth-order valence-electron chi connectivity index (χ4n) is 2.22. The van der Waals surface area contributed by atoms with Gasteiger partial charge in [-0.2, -0.15) is 0 Å². The first-order chi connectivity index (χ1) is 10.1. The van der Waals surface area contributed by atoms with Gasteiger partial charge in [0.1, 0.15) is 0 Å². The quantitative estimate of drug-likeness (QED) is 0.728. The van der Waals surface area contributed by atoms with Crippen molar-refractivity contribution in [1.82, 2.24) is 0 Å². The van der Waals surface area contributed by atoms with Gasteiger partial charge in [-0.15, -0.1) is 0 Å². The number of hydrogen-bond donors (Lipinski definition) is 0. The lowest BCUT2D eigenvalue weighted by atomic mass is 10.1. The number of hydrogen-bond acceptors (Lipinski definition) is 1. The zero-order chi connectivity index (χ0) is 15.2. The average molecular weight is 346 g/mol. The minimum absolute atomic E-state index is 0.0465. The maximum Gasteiger partial charge on any atom is 0.259 e. The fourth-order valence-corrected chi connectivity index (χ4v) is 2.64. The van der Waals surface area contributed by atoms with Gasteiger partial charge in [0.2, 0.25) is 0 Å². The van der Waals surface area contributed by atoms with Crippen LogP contribution in [0.4, 0.5) is 5.69 Å². The van der Waals surface area contributed by atoms with Crippen molar-refractivity contribution in [3.63, 3.8) is 0 Å². The van der Waals surface area contributed by atoms with Crippen LogP contribution in [-0.2, 0) is 0 Å². The second-order valence-electron chi connectivity index (χ2n) is 5.13. The van der Waals surface area contributed by atoms with E-state index in [-0.39, 0.29) is 5.91 Å². The lowest BCUT2D eigenvalue weighted by Gasteiger charge is -2.23. The first kappa shape index (κ1) is 15.8. The normalized spacial score (nSPS) is 10.4. The molecule has 0 saturated carbocycles. The van der Waals surface area contributed by atoms with Gasteiger partial charge >= 0.3 is 0 Å². The highest BCUT2D eigenvalue weighted by molar-refractivity contribution is 9.10. The van der Waals surface area contributed by atoms with Gasteiger partial charge in [0.25, 0.3) is 5.91 Å². The second-order valence-corrected chi connectivity index (χ2v) is 5.98. The van der Waals surface area contributed by atoms with E-state index in [2.05, 4.69) is 22.9 Å². The van der Waals surface area contributed by atoms with Crippen LogP contribution in [0, 0.1) is 6.92 Å². The summed E-state index contributed by atoms with van der Waals surface area (Å²) in [5.41, 5.74) is 2.75. The second kappa shape index (κ2) is 7.41. The molecule has 0 aliphatic rings. The van der Waals surface area contributed by atoms with Crippen molar-refractivity contribution in [1.29, 1.82) is 0 Å². The number of rotatable bonds is 5. The number of amides is 1. The zero-order valence-corrected chi connectivity index (χ0v) is 14.1. The van der Waals surface area contributed by atoms with Crippen LogP contribution >= 0.6 is 15.9 Å². The molecular formula is C18H20BrNO. The van der Waals surface area contributed by atoms with E-state index in [0.29, 0.717) is 0 Å². The predicted octanol–water partition coefficient (Wildman–Crippen LogP) is 5.20. The van der Waals surface area contributed by atoms with E-state index < -0.39 is 0 Å². The summed E-state index contributed by atoms with van der Waals surface area (Å²) in [4.78, 5) is 14.8. The number of nitrogens with zero attached hydrogens (tertiary/aromatic N) is 1. The molecule has 0 spiro atoms. The van der Waals surface area contributed by atoms with Crippen LogP contribution < -0.4 is 4.90 Å². The molecule has 3 heteroatoms. The molecular weight excluding hydrogens is 326 g/mol. The number of carbonyl (C=O) groups is 1. The number of aryl methyl sites for hydroxylation is 1. The predicted molar refractivity (Wildman–Crippen MR) is 91.9 cm³/mol. The largest absolute Gasteiger partial charge is 0.308 e. The number of unbranched alkanes of at least 4 members (excludes halogenated alkanes) is 1. The van der Waals surface area contributed by atoms with Crippen LogP contribution in [0.3, 0.4) is 0 Å². The average Bonchev–Trinajstić information content (AvgIpc) is 2.51. The molecule has 0 atom stereocenters. The molecule has 0 N–H and O–H groups in total. The Hall–Kier alpha value is -1.61. The van der Waals surface area contributed by atoms with Gasteiger partial charge < -0.3 is 4.90 Å². The van der Waals surface area contributed by atoms with Crippen LogP contribution in [0.1, 0.15) is 35.7 Å². The number of carbonyl (C=O) groups excluding carboxylic acids is 1. The summed E-state index contributed by atoms with van der Waals surface area (Å²) in [5, 5.41) is 0. The maximum absolute atomic E-state index is 12.9. The minimum atomic E-state index is 0.0465. The topological polar surface area (TPSA) is 20.3 Å². The molecule has 2 rings (SSSR count). The standard InChI is InChI=1S/C18H20BrNO/c1-3-4-12-20(15-8-6-5-7-9-15)18(21)16-13-14(2)10-11-17(16)19/h5-11,13H,3-4,12H2,1-2H3. The van der Waals surface area contributed by atoms with Crippen molar-refractivity contribution in [3.05, 3.63) is 64.1 Å². The van der Waals surface area contributed by atoms with Crippen molar-refractivity contribution in [2.24, 2.45) is 0 Å². The van der Waals surface area contributed by atoms with Crippen LogP contribution in [0.25, 0.3) is 0 Å². The maximum atomic E-state index is 12.9. The number of para-hydroxylation sites is 1. The summed E-state index contributed by atoms with van der Waals surface area (Å²) in [6.07, 6.45) is 2.05. The van der Waals surface area contributed by atoms with E-state index in [1.54, 1.807) is 0 Å². The van der Waals surface area contributed by atoms with Crippen LogP contribution in [0.15, 0.2) is 53.0 Å². The molecule has 0 bridgehead atoms. The minimum Gasteiger partial charge on any atom is -0.308 e. The first-order valence-electron chi connectivity index (χ1n) is 7.26. The van der Waals surface area contributed by atoms with Gasteiger partial charge in [0, 0.05) is 16.7 Å². The summed E-state index contributed by atoms with van der Waals surface area (Å²) in [7, 11) is 0. The summed E-state index contributed by atoms with van der Waals surface area (Å²) in [6.45, 7) is 4.87. The van der Waals surface area contributed by atoms with Crippen LogP contribution in [0.2, 0.25) is 0 Å². The molecule has 1 amide bonds. The molecule has 0 fully saturated rings. The van der Waals surface area contributed by atoms with E-state index in [9.17, 15) is 4.79 Å². The van der Waals surface area contributed by atoms with Crippen LogP contribution in [0.5, 0.6) is 0 Å². The van der Waals surface area contributed by atoms with E-state index >= 15 is 0 Å². The summed E-state index contributed by atoms with van der Waals surface area (Å²) >= 11 is 3.49. The molecule has 2 aromatic rings. The molecule has 2 nitrogen and oxygen atoms in total. The molecule has 0 aliphatic heterocycles. The number of halogens is 1. The lowest BCUT2D eigenvalue weighted by Crippen LogP contribution is -2.32. The van der Waals surface area contributed by atoms with Gasteiger partial charge in [-0.05, 0) is 53.5 Å². The van der Waals surface area contributed by atoms with E-state index in [1.165, 1.54) is 0 Å². The highest BCUT2D eigenvalue weighted by Gasteiger charge is 2.19. The third kappa shape index (κ3) is 3.94. The van der Waals surface area contributed by atoms with E-state index in [0.717, 1.165) is 40.7 Å². The van der Waals surface area contributed by atoms with Gasteiger partial charge in [-0.3, -0.25) is 4.79 Å². The highest BCUT2D eigenvalue weighted by atomic mass is 79.9. The number of benzene rings is 2. The monoisotopic (exact) mass is 345 g/mol. The van der Waals surface area contributed by atoms with Gasteiger partial charge in [-0.25, -0.2) is 0 Å². The smallest absolute Gasteiger partial charge is 0.259 e. The SMILES string of the molecule is CCCCN(C(=O)c1cc(C)ccc1Br)c1ccccc1. The van der Waals surface area contributed by atoms with Crippen LogP contribution in [-0.4, -0.2) is 12.5 Å². The Bertz CT molecular complexity index is 610. The van der Waals surface area contributed by atoms with Crippen molar-refractivity contribution in [2.75, 3.05) is 11.4 Å². The summed E-state index contributed by atoms with van der Waals surface area (Å²) in [5.74, 6) is 0.0465. The fraction of sp³-hybridized carbons (Fsp3) is 0.278. The third-order valence-electron chi connectivity index (χ3n) is 3.40. The molecule has 2 aromatic carbocycles. The van der Waals surface area contributed by atoms with Crippen molar-refractivity contribution in [3.8, 4) is 0 Å². The molecule has 110 valence electrons.